The third-order valence-corrected chi connectivity index (χ3v) is 2.28. The Morgan fingerprint density at radius 1 is 0.684 bits per heavy atom. The van der Waals surface area contributed by atoms with Crippen LogP contribution in [0.25, 0.3) is 0 Å². The molecule has 1 rings (SSSR count). The third kappa shape index (κ3) is 31.6. The first-order valence-electron chi connectivity index (χ1n) is 6.46. The zero-order valence-corrected chi connectivity index (χ0v) is 12.0. The van der Waals surface area contributed by atoms with E-state index in [2.05, 4.69) is 0 Å². The van der Waals surface area contributed by atoms with E-state index in [0.717, 1.165) is 14.2 Å². The van der Waals surface area contributed by atoms with Gasteiger partial charge in [-0.05, 0) is 6.42 Å². The molecular formula is C13H28O6. The fraction of sp³-hybridized carbons (Fsp3) is 0.846. The van der Waals surface area contributed by atoms with Gasteiger partial charge in [-0.25, -0.2) is 0 Å². The highest BCUT2D eigenvalue weighted by atomic mass is 16.4. The molecule has 1 aliphatic rings. The summed E-state index contributed by atoms with van der Waals surface area (Å²) in [6.07, 6.45) is 9.09. The van der Waals surface area contributed by atoms with Crippen LogP contribution in [0.1, 0.15) is 57.8 Å². The van der Waals surface area contributed by atoms with E-state index in [9.17, 15) is 9.59 Å². The smallest absolute Gasteiger partial charge is 0.303 e. The largest absolute Gasteiger partial charge is 0.481 e. The van der Waals surface area contributed by atoms with Crippen molar-refractivity contribution in [2.75, 3.05) is 14.2 Å². The van der Waals surface area contributed by atoms with Crippen LogP contribution in [-0.4, -0.2) is 46.6 Å². The van der Waals surface area contributed by atoms with Crippen LogP contribution in [0, 0.1) is 0 Å². The average molecular weight is 280 g/mol. The maximum atomic E-state index is 9.79. The zero-order valence-electron chi connectivity index (χ0n) is 12.0. The van der Waals surface area contributed by atoms with Crippen LogP contribution in [0.5, 0.6) is 0 Å². The Hall–Kier alpha value is -1.14. The van der Waals surface area contributed by atoms with Crippen LogP contribution in [0.4, 0.5) is 0 Å². The topological polar surface area (TPSA) is 115 Å². The Labute approximate surface area is 115 Å². The van der Waals surface area contributed by atoms with Gasteiger partial charge in [-0.3, -0.25) is 9.59 Å². The van der Waals surface area contributed by atoms with Crippen molar-refractivity contribution in [3.8, 4) is 0 Å². The Balaban J connectivity index is -0.000000221. The lowest BCUT2D eigenvalue weighted by Crippen LogP contribution is -1.98. The Bertz CT molecular complexity index is 164. The molecule has 0 spiro atoms. The summed E-state index contributed by atoms with van der Waals surface area (Å²) in [5, 5.41) is 30.1. The Morgan fingerprint density at radius 2 is 0.895 bits per heavy atom. The lowest BCUT2D eigenvalue weighted by molar-refractivity contribution is -0.138. The molecule has 4 N–H and O–H groups in total. The molecule has 0 aromatic carbocycles. The molecule has 0 saturated heterocycles. The third-order valence-electron chi connectivity index (χ3n) is 2.28. The minimum absolute atomic E-state index is 0.0632. The number of aliphatic hydroxyl groups excluding tert-OH is 2. The van der Waals surface area contributed by atoms with E-state index in [0.29, 0.717) is 0 Å². The maximum absolute atomic E-state index is 9.79. The van der Waals surface area contributed by atoms with E-state index >= 15 is 0 Å². The maximum Gasteiger partial charge on any atom is 0.303 e. The molecule has 0 amide bonds. The van der Waals surface area contributed by atoms with Gasteiger partial charge in [-0.1, -0.05) is 38.5 Å². The van der Waals surface area contributed by atoms with Crippen molar-refractivity contribution in [1.82, 2.24) is 0 Å². The SMILES string of the molecule is C1CCCCC1.CO.CO.O=C(O)CCCC(=O)O. The first-order valence-corrected chi connectivity index (χ1v) is 6.46. The number of rotatable bonds is 4. The van der Waals surface area contributed by atoms with E-state index in [4.69, 9.17) is 20.4 Å². The van der Waals surface area contributed by atoms with Crippen molar-refractivity contribution in [2.45, 2.75) is 57.8 Å². The van der Waals surface area contributed by atoms with E-state index in [-0.39, 0.29) is 19.3 Å². The van der Waals surface area contributed by atoms with Crippen LogP contribution in [-0.2, 0) is 9.59 Å². The summed E-state index contributed by atoms with van der Waals surface area (Å²) >= 11 is 0. The van der Waals surface area contributed by atoms with Gasteiger partial charge in [0, 0.05) is 27.1 Å². The quantitative estimate of drug-likeness (QED) is 0.625. The van der Waals surface area contributed by atoms with Crippen LogP contribution >= 0.6 is 0 Å². The van der Waals surface area contributed by atoms with E-state index in [1.807, 2.05) is 0 Å². The molecule has 0 heterocycles. The molecule has 1 saturated carbocycles. The highest BCUT2D eigenvalue weighted by Gasteiger charge is 1.99. The van der Waals surface area contributed by atoms with Crippen LogP contribution < -0.4 is 0 Å². The Kier molecular flexibility index (Phi) is 26.7. The lowest BCUT2D eigenvalue weighted by atomic mass is 10.0. The van der Waals surface area contributed by atoms with Gasteiger partial charge in [-0.2, -0.15) is 0 Å². The number of hydrogen-bond donors (Lipinski definition) is 4. The van der Waals surface area contributed by atoms with Gasteiger partial charge in [-0.15, -0.1) is 0 Å². The lowest BCUT2D eigenvalue weighted by Gasteiger charge is -2.05. The van der Waals surface area contributed by atoms with Gasteiger partial charge < -0.3 is 20.4 Å². The monoisotopic (exact) mass is 280 g/mol. The molecule has 6 nitrogen and oxygen atoms in total. The number of carboxylic acid groups (broad SMARTS) is 2. The molecule has 0 bridgehead atoms. The molecule has 19 heavy (non-hydrogen) atoms. The molecule has 0 atom stereocenters. The summed E-state index contributed by atoms with van der Waals surface area (Å²) in [6, 6.07) is 0. The number of aliphatic hydroxyl groups is 2. The van der Waals surface area contributed by atoms with Crippen molar-refractivity contribution in [1.29, 1.82) is 0 Å². The van der Waals surface area contributed by atoms with Crippen molar-refractivity contribution in [2.24, 2.45) is 0 Å². The molecular weight excluding hydrogens is 252 g/mol. The van der Waals surface area contributed by atoms with E-state index in [1.54, 1.807) is 0 Å². The van der Waals surface area contributed by atoms with Crippen molar-refractivity contribution in [3.63, 3.8) is 0 Å². The fourth-order valence-corrected chi connectivity index (χ4v) is 1.45. The molecule has 6 heteroatoms. The highest BCUT2D eigenvalue weighted by Crippen LogP contribution is 2.15. The molecule has 1 aliphatic carbocycles. The van der Waals surface area contributed by atoms with Crippen molar-refractivity contribution < 1.29 is 30.0 Å². The van der Waals surface area contributed by atoms with Gasteiger partial charge in [0.05, 0.1) is 0 Å². The molecule has 116 valence electrons. The molecule has 1 fully saturated rings. The second-order valence-electron chi connectivity index (χ2n) is 3.76. The summed E-state index contributed by atoms with van der Waals surface area (Å²) in [5.74, 6) is -1.90. The fourth-order valence-electron chi connectivity index (χ4n) is 1.45. The first-order chi connectivity index (χ1) is 9.13. The van der Waals surface area contributed by atoms with Gasteiger partial charge in [0.15, 0.2) is 0 Å². The van der Waals surface area contributed by atoms with Crippen molar-refractivity contribution >= 4 is 11.9 Å². The van der Waals surface area contributed by atoms with Crippen LogP contribution in [0.2, 0.25) is 0 Å². The van der Waals surface area contributed by atoms with Crippen molar-refractivity contribution in [3.05, 3.63) is 0 Å². The summed E-state index contributed by atoms with van der Waals surface area (Å²) in [7, 11) is 2.00. The summed E-state index contributed by atoms with van der Waals surface area (Å²) in [6.45, 7) is 0. The Morgan fingerprint density at radius 3 is 1.05 bits per heavy atom. The van der Waals surface area contributed by atoms with Gasteiger partial charge in [0.25, 0.3) is 0 Å². The average Bonchev–Trinajstić information content (AvgIpc) is 2.45. The van der Waals surface area contributed by atoms with E-state index < -0.39 is 11.9 Å². The predicted octanol–water partition coefficient (Wildman–Crippen LogP) is 1.88. The van der Waals surface area contributed by atoms with Gasteiger partial charge in [0.1, 0.15) is 0 Å². The summed E-state index contributed by atoms with van der Waals surface area (Å²) < 4.78 is 0. The number of hydrogen-bond acceptors (Lipinski definition) is 4. The van der Waals surface area contributed by atoms with Gasteiger partial charge in [0.2, 0.25) is 0 Å². The predicted molar refractivity (Wildman–Crippen MR) is 73.1 cm³/mol. The first kappa shape index (κ1) is 23.0. The molecule has 0 unspecified atom stereocenters. The summed E-state index contributed by atoms with van der Waals surface area (Å²) in [5.41, 5.74) is 0. The zero-order chi connectivity index (χ0) is 15.5. The summed E-state index contributed by atoms with van der Waals surface area (Å²) in [4.78, 5) is 19.6. The van der Waals surface area contributed by atoms with Crippen LogP contribution in [0.3, 0.4) is 0 Å². The second-order valence-corrected chi connectivity index (χ2v) is 3.76. The minimum atomic E-state index is -0.948. The minimum Gasteiger partial charge on any atom is -0.481 e. The normalized spacial score (nSPS) is 12.4. The molecule has 0 aromatic rings. The standard InChI is InChI=1S/C6H12.C5H8O4.2CH4O/c1-2-4-6-5-3-1;6-4(7)2-1-3-5(8)9;2*1-2/h1-6H2;1-3H2,(H,6,7)(H,8,9);2*2H,1H3. The highest BCUT2D eigenvalue weighted by molar-refractivity contribution is 5.69. The van der Waals surface area contributed by atoms with E-state index in [1.165, 1.54) is 38.5 Å². The van der Waals surface area contributed by atoms with Crippen LogP contribution in [0.15, 0.2) is 0 Å². The number of carboxylic acids is 2. The number of aliphatic carboxylic acids is 2. The molecule has 0 radical (unpaired) electrons. The molecule has 0 aliphatic heterocycles. The second kappa shape index (κ2) is 22.1. The van der Waals surface area contributed by atoms with Gasteiger partial charge >= 0.3 is 11.9 Å². The number of carbonyl (C=O) groups is 2. The molecule has 0 aromatic heterocycles.